The summed E-state index contributed by atoms with van der Waals surface area (Å²) in [6.45, 7) is 1.66. The van der Waals surface area contributed by atoms with E-state index in [-0.39, 0.29) is 30.2 Å². The summed E-state index contributed by atoms with van der Waals surface area (Å²) in [6.07, 6.45) is 1.49. The van der Waals surface area contributed by atoms with Gasteiger partial charge < -0.3 is 11.1 Å². The van der Waals surface area contributed by atoms with Crippen molar-refractivity contribution >= 4 is 44.8 Å². The zero-order valence-corrected chi connectivity index (χ0v) is 14.4. The number of nitrogens with one attached hydrogen (secondary N) is 1. The van der Waals surface area contributed by atoms with Gasteiger partial charge in [-0.15, -0.1) is 11.3 Å². The van der Waals surface area contributed by atoms with Crippen LogP contribution in [0.3, 0.4) is 0 Å². The molecule has 5 nitrogen and oxygen atoms in total. The molecule has 1 aromatic carbocycles. The number of nitrogens with zero attached hydrogens (tertiary/aromatic N) is 1. The molecule has 1 aliphatic heterocycles. The van der Waals surface area contributed by atoms with Crippen LogP contribution in [0.15, 0.2) is 18.2 Å². The molecule has 0 bridgehead atoms. The number of likely N-dealkylation sites (tertiary alicyclic amines) is 1. The second-order valence-corrected chi connectivity index (χ2v) is 7.31. The number of benzene rings is 1. The van der Waals surface area contributed by atoms with Crippen LogP contribution in [0.4, 0.5) is 4.39 Å². The number of carbonyl (C=O) groups excluding carboxylic acids is 2. The number of thiophene rings is 1. The van der Waals surface area contributed by atoms with Gasteiger partial charge >= 0.3 is 0 Å². The normalized spacial score (nSPS) is 16.4. The van der Waals surface area contributed by atoms with Crippen molar-refractivity contribution in [3.05, 3.63) is 33.9 Å². The molecular weight excluding hydrogens is 353 g/mol. The van der Waals surface area contributed by atoms with Crippen LogP contribution in [-0.2, 0) is 4.79 Å². The predicted octanol–water partition coefficient (Wildman–Crippen LogP) is 2.37. The lowest BCUT2D eigenvalue weighted by Crippen LogP contribution is -2.46. The standard InChI is InChI=1S/C16H17ClFN3O2S/c17-14-11-2-1-9(18)7-12(11)24-15(14)16(23)20-10-3-5-21(6-4-10)8-13(19)22/h1-2,7,10H,3-6,8H2,(H2,19,22)(H,20,23). The van der Waals surface area contributed by atoms with Crippen molar-refractivity contribution < 1.29 is 14.0 Å². The molecule has 3 rings (SSSR count). The molecule has 2 heterocycles. The first kappa shape index (κ1) is 17.1. The van der Waals surface area contributed by atoms with E-state index < -0.39 is 0 Å². The first-order chi connectivity index (χ1) is 11.4. The maximum absolute atomic E-state index is 13.3. The minimum absolute atomic E-state index is 0.0274. The van der Waals surface area contributed by atoms with Crippen LogP contribution >= 0.6 is 22.9 Å². The summed E-state index contributed by atoms with van der Waals surface area (Å²) in [5.74, 6) is -0.939. The van der Waals surface area contributed by atoms with E-state index in [0.717, 1.165) is 12.8 Å². The molecule has 1 aliphatic rings. The van der Waals surface area contributed by atoms with Crippen molar-refractivity contribution in [1.29, 1.82) is 0 Å². The van der Waals surface area contributed by atoms with Gasteiger partial charge in [0.25, 0.3) is 5.91 Å². The van der Waals surface area contributed by atoms with Crippen LogP contribution in [0.1, 0.15) is 22.5 Å². The maximum atomic E-state index is 13.3. The van der Waals surface area contributed by atoms with Crippen LogP contribution in [-0.4, -0.2) is 42.4 Å². The van der Waals surface area contributed by atoms with Gasteiger partial charge in [0.2, 0.25) is 5.91 Å². The Morgan fingerprint density at radius 1 is 1.38 bits per heavy atom. The summed E-state index contributed by atoms with van der Waals surface area (Å²) in [6, 6.07) is 4.32. The highest BCUT2D eigenvalue weighted by molar-refractivity contribution is 7.21. The highest BCUT2D eigenvalue weighted by Gasteiger charge is 2.24. The Labute approximate surface area is 147 Å². The van der Waals surface area contributed by atoms with E-state index in [2.05, 4.69) is 5.32 Å². The minimum atomic E-state index is -0.353. The van der Waals surface area contributed by atoms with Gasteiger partial charge in [0.1, 0.15) is 10.7 Å². The summed E-state index contributed by atoms with van der Waals surface area (Å²) < 4.78 is 14.0. The number of rotatable bonds is 4. The monoisotopic (exact) mass is 369 g/mol. The zero-order chi connectivity index (χ0) is 17.3. The number of carbonyl (C=O) groups is 2. The Balaban J connectivity index is 1.66. The molecule has 2 amide bonds. The molecule has 0 radical (unpaired) electrons. The first-order valence-electron chi connectivity index (χ1n) is 7.63. The van der Waals surface area contributed by atoms with Crippen molar-refractivity contribution in [1.82, 2.24) is 10.2 Å². The van der Waals surface area contributed by atoms with Crippen molar-refractivity contribution in [2.24, 2.45) is 5.73 Å². The zero-order valence-electron chi connectivity index (χ0n) is 12.9. The molecular formula is C16H17ClFN3O2S. The minimum Gasteiger partial charge on any atom is -0.369 e. The van der Waals surface area contributed by atoms with Gasteiger partial charge in [-0.1, -0.05) is 11.6 Å². The Kier molecular flexibility index (Phi) is 5.03. The smallest absolute Gasteiger partial charge is 0.263 e. The van der Waals surface area contributed by atoms with Crippen molar-refractivity contribution in [3.8, 4) is 0 Å². The fourth-order valence-electron chi connectivity index (χ4n) is 2.89. The molecule has 1 fully saturated rings. The van der Waals surface area contributed by atoms with Crippen LogP contribution < -0.4 is 11.1 Å². The molecule has 1 saturated heterocycles. The average molecular weight is 370 g/mol. The molecule has 1 aromatic heterocycles. The molecule has 3 N–H and O–H groups in total. The van der Waals surface area contributed by atoms with Gasteiger partial charge in [-0.3, -0.25) is 14.5 Å². The number of primary amides is 1. The fraction of sp³-hybridized carbons (Fsp3) is 0.375. The molecule has 8 heteroatoms. The second kappa shape index (κ2) is 7.04. The molecule has 0 spiro atoms. The van der Waals surface area contributed by atoms with E-state index >= 15 is 0 Å². The Bertz CT molecular complexity index is 787. The van der Waals surface area contributed by atoms with Crippen LogP contribution in [0.25, 0.3) is 10.1 Å². The number of piperidine rings is 1. The highest BCUT2D eigenvalue weighted by Crippen LogP contribution is 2.35. The van der Waals surface area contributed by atoms with Gasteiger partial charge in [-0.25, -0.2) is 4.39 Å². The number of hydrogen-bond donors (Lipinski definition) is 2. The molecule has 0 aliphatic carbocycles. The van der Waals surface area contributed by atoms with E-state index in [1.54, 1.807) is 6.07 Å². The SMILES string of the molecule is NC(=O)CN1CCC(NC(=O)c2sc3cc(F)ccc3c2Cl)CC1. The number of fused-ring (bicyclic) bond motifs is 1. The topological polar surface area (TPSA) is 75.4 Å². The third-order valence-corrected chi connectivity index (χ3v) is 5.76. The van der Waals surface area contributed by atoms with Crippen LogP contribution in [0.2, 0.25) is 5.02 Å². The Hall–Kier alpha value is -1.70. The Morgan fingerprint density at radius 2 is 2.08 bits per heavy atom. The lowest BCUT2D eigenvalue weighted by Gasteiger charge is -2.31. The van der Waals surface area contributed by atoms with Crippen LogP contribution in [0.5, 0.6) is 0 Å². The largest absolute Gasteiger partial charge is 0.369 e. The van der Waals surface area contributed by atoms with E-state index in [0.29, 0.717) is 33.1 Å². The van der Waals surface area contributed by atoms with Crippen molar-refractivity contribution in [3.63, 3.8) is 0 Å². The van der Waals surface area contributed by atoms with Gasteiger partial charge in [-0.05, 0) is 31.0 Å². The number of nitrogens with two attached hydrogens (primary N) is 1. The van der Waals surface area contributed by atoms with Gasteiger partial charge in [0.15, 0.2) is 0 Å². The van der Waals surface area contributed by atoms with E-state index in [9.17, 15) is 14.0 Å². The van der Waals surface area contributed by atoms with E-state index in [4.69, 9.17) is 17.3 Å². The average Bonchev–Trinajstić information content (AvgIpc) is 2.85. The highest BCUT2D eigenvalue weighted by atomic mass is 35.5. The molecule has 24 heavy (non-hydrogen) atoms. The lowest BCUT2D eigenvalue weighted by atomic mass is 10.0. The Morgan fingerprint density at radius 3 is 2.75 bits per heavy atom. The summed E-state index contributed by atoms with van der Waals surface area (Å²) in [7, 11) is 0. The molecule has 2 aromatic rings. The summed E-state index contributed by atoms with van der Waals surface area (Å²) >= 11 is 7.46. The summed E-state index contributed by atoms with van der Waals surface area (Å²) in [5.41, 5.74) is 5.19. The van der Waals surface area contributed by atoms with Crippen molar-refractivity contribution in [2.75, 3.05) is 19.6 Å². The second-order valence-electron chi connectivity index (χ2n) is 5.88. The molecule has 0 atom stereocenters. The van der Waals surface area contributed by atoms with E-state index in [1.165, 1.54) is 23.5 Å². The summed E-state index contributed by atoms with van der Waals surface area (Å²) in [5, 5.41) is 4.02. The van der Waals surface area contributed by atoms with Crippen LogP contribution in [0, 0.1) is 5.82 Å². The third kappa shape index (κ3) is 3.68. The van der Waals surface area contributed by atoms with E-state index in [1.807, 2.05) is 4.90 Å². The maximum Gasteiger partial charge on any atom is 0.263 e. The lowest BCUT2D eigenvalue weighted by molar-refractivity contribution is -0.119. The fourth-order valence-corrected chi connectivity index (χ4v) is 4.34. The molecule has 0 unspecified atom stereocenters. The quantitative estimate of drug-likeness (QED) is 0.868. The molecule has 128 valence electrons. The predicted molar refractivity (Wildman–Crippen MR) is 92.9 cm³/mol. The third-order valence-electron chi connectivity index (χ3n) is 4.10. The number of halogens is 2. The first-order valence-corrected chi connectivity index (χ1v) is 8.82. The molecule has 0 saturated carbocycles. The van der Waals surface area contributed by atoms with Gasteiger partial charge in [0.05, 0.1) is 11.6 Å². The van der Waals surface area contributed by atoms with Crippen molar-refractivity contribution in [2.45, 2.75) is 18.9 Å². The number of amides is 2. The van der Waals surface area contributed by atoms with Gasteiger partial charge in [-0.2, -0.15) is 0 Å². The summed E-state index contributed by atoms with van der Waals surface area (Å²) in [4.78, 5) is 25.8. The number of hydrogen-bond acceptors (Lipinski definition) is 4. The van der Waals surface area contributed by atoms with Gasteiger partial charge in [0, 0.05) is 29.2 Å².